The molecule has 0 aliphatic carbocycles. The maximum atomic E-state index is 13.7. The normalized spacial score (nSPS) is 12.5. The number of allylic oxidation sites excluding steroid dienone is 1. The summed E-state index contributed by atoms with van der Waals surface area (Å²) in [5, 5.41) is 8.92. The molecule has 34 heavy (non-hydrogen) atoms. The Balaban J connectivity index is 2.12. The molecule has 2 aromatic rings. The number of halogens is 7. The topological polar surface area (TPSA) is 53.2 Å². The van der Waals surface area contributed by atoms with Gasteiger partial charge in [0.2, 0.25) is 0 Å². The van der Waals surface area contributed by atoms with Crippen molar-refractivity contribution in [3.05, 3.63) is 73.2 Å². The molecule has 0 saturated carbocycles. The lowest BCUT2D eigenvalue weighted by Gasteiger charge is -2.18. The van der Waals surface area contributed by atoms with Gasteiger partial charge in [0, 0.05) is 19.6 Å². The molecule has 0 bridgehead atoms. The number of carbonyl (C=O) groups excluding carboxylic acids is 1. The maximum Gasteiger partial charge on any atom is 0.399 e. The molecule has 0 heterocycles. The lowest BCUT2D eigenvalue weighted by molar-refractivity contribution is -0.139. The number of nitrogens with one attached hydrogen (secondary N) is 3. The third kappa shape index (κ3) is 8.20. The quantitative estimate of drug-likeness (QED) is 0.183. The van der Waals surface area contributed by atoms with Gasteiger partial charge in [0.05, 0.1) is 31.6 Å². The van der Waals surface area contributed by atoms with Crippen LogP contribution in [0.1, 0.15) is 34.3 Å². The molecule has 3 N–H and O–H groups in total. The minimum absolute atomic E-state index is 0.0197. The predicted molar refractivity (Wildman–Crippen MR) is 137 cm³/mol. The van der Waals surface area contributed by atoms with Crippen molar-refractivity contribution in [1.82, 2.24) is 16.0 Å². The average molecular weight is 573 g/mol. The molecule has 184 valence electrons. The van der Waals surface area contributed by atoms with E-state index in [9.17, 15) is 18.0 Å². The summed E-state index contributed by atoms with van der Waals surface area (Å²) in [6.45, 7) is 3.29. The Morgan fingerprint density at radius 2 is 1.62 bits per heavy atom. The van der Waals surface area contributed by atoms with Gasteiger partial charge in [0.1, 0.15) is 0 Å². The van der Waals surface area contributed by atoms with E-state index in [-0.39, 0.29) is 31.2 Å². The molecule has 1 amide bonds. The predicted octanol–water partition coefficient (Wildman–Crippen LogP) is 6.87. The van der Waals surface area contributed by atoms with E-state index in [2.05, 4.69) is 16.0 Å². The summed E-state index contributed by atoms with van der Waals surface area (Å²) in [6, 6.07) is 6.58. The molecule has 4 nitrogen and oxygen atoms in total. The molecule has 0 aromatic heterocycles. The number of benzene rings is 2. The van der Waals surface area contributed by atoms with Crippen molar-refractivity contribution in [2.75, 3.05) is 19.6 Å². The summed E-state index contributed by atoms with van der Waals surface area (Å²) >= 11 is 28.9. The number of hydrogen-bond acceptors (Lipinski definition) is 2. The van der Waals surface area contributed by atoms with Gasteiger partial charge in [-0.2, -0.15) is 13.2 Å². The van der Waals surface area contributed by atoms with Gasteiger partial charge in [-0.05, 0) is 54.5 Å². The third-order valence-electron chi connectivity index (χ3n) is 4.47. The molecule has 1 atom stereocenters. The van der Waals surface area contributed by atoms with Crippen molar-refractivity contribution in [3.63, 3.8) is 0 Å². The highest BCUT2D eigenvalue weighted by Gasteiger charge is 2.39. The minimum Gasteiger partial charge on any atom is -0.363 e. The van der Waals surface area contributed by atoms with Crippen LogP contribution in [0.2, 0.25) is 20.1 Å². The van der Waals surface area contributed by atoms with Crippen LogP contribution in [0.3, 0.4) is 0 Å². The molecular weight excluding hydrogens is 553 g/mol. The van der Waals surface area contributed by atoms with Crippen molar-refractivity contribution in [2.24, 2.45) is 0 Å². The zero-order valence-electron chi connectivity index (χ0n) is 17.7. The SMILES string of the molecule is CCNC(=S)NCCNC(=O)c1ccc(/C=C/C(c2cc(Cl)c(Cl)c(Cl)c2)C(F)(F)F)cc1Cl. The zero-order chi connectivity index (χ0) is 25.5. The van der Waals surface area contributed by atoms with Crippen LogP contribution in [0.4, 0.5) is 13.2 Å². The van der Waals surface area contributed by atoms with E-state index in [0.29, 0.717) is 30.3 Å². The average Bonchev–Trinajstić information content (AvgIpc) is 2.74. The summed E-state index contributed by atoms with van der Waals surface area (Å²) in [4.78, 5) is 12.3. The lowest BCUT2D eigenvalue weighted by atomic mass is 9.97. The summed E-state index contributed by atoms with van der Waals surface area (Å²) in [5.41, 5.74) is 0.406. The highest BCUT2D eigenvalue weighted by Crippen LogP contribution is 2.41. The van der Waals surface area contributed by atoms with E-state index in [4.69, 9.17) is 58.6 Å². The second-order valence-electron chi connectivity index (χ2n) is 6.96. The number of carbonyl (C=O) groups is 1. The van der Waals surface area contributed by atoms with Crippen molar-refractivity contribution < 1.29 is 18.0 Å². The second-order valence-corrected chi connectivity index (χ2v) is 8.97. The van der Waals surface area contributed by atoms with E-state index in [1.54, 1.807) is 0 Å². The van der Waals surface area contributed by atoms with Gasteiger partial charge >= 0.3 is 6.18 Å². The fraction of sp³-hybridized carbons (Fsp3) is 0.273. The third-order valence-corrected chi connectivity index (χ3v) is 6.27. The number of hydrogen-bond donors (Lipinski definition) is 3. The van der Waals surface area contributed by atoms with E-state index in [1.165, 1.54) is 24.3 Å². The monoisotopic (exact) mass is 571 g/mol. The minimum atomic E-state index is -4.61. The number of alkyl halides is 3. The fourth-order valence-corrected chi connectivity index (χ4v) is 3.99. The fourth-order valence-electron chi connectivity index (χ4n) is 2.86. The Kier molecular flexibility index (Phi) is 10.8. The maximum absolute atomic E-state index is 13.7. The molecule has 0 aliphatic rings. The molecule has 0 spiro atoms. The molecule has 12 heteroatoms. The van der Waals surface area contributed by atoms with Gasteiger partial charge in [-0.25, -0.2) is 0 Å². The van der Waals surface area contributed by atoms with E-state index < -0.39 is 18.0 Å². The summed E-state index contributed by atoms with van der Waals surface area (Å²) in [6.07, 6.45) is -2.39. The van der Waals surface area contributed by atoms with Crippen LogP contribution in [0.25, 0.3) is 6.08 Å². The molecule has 2 aromatic carbocycles. The molecular formula is C22H20Cl4F3N3OS. The first-order chi connectivity index (χ1) is 15.9. The lowest BCUT2D eigenvalue weighted by Crippen LogP contribution is -2.40. The van der Waals surface area contributed by atoms with Crippen molar-refractivity contribution in [3.8, 4) is 0 Å². The largest absolute Gasteiger partial charge is 0.399 e. The van der Waals surface area contributed by atoms with E-state index >= 15 is 0 Å². The van der Waals surface area contributed by atoms with Crippen LogP contribution in [-0.2, 0) is 0 Å². The van der Waals surface area contributed by atoms with Crippen LogP contribution in [-0.4, -0.2) is 36.8 Å². The van der Waals surface area contributed by atoms with Gasteiger partial charge in [0.15, 0.2) is 5.11 Å². The molecule has 1 unspecified atom stereocenters. The molecule has 0 aliphatic heterocycles. The number of rotatable bonds is 8. The van der Waals surface area contributed by atoms with E-state index in [0.717, 1.165) is 18.2 Å². The Morgan fingerprint density at radius 1 is 1.00 bits per heavy atom. The molecule has 2 rings (SSSR count). The van der Waals surface area contributed by atoms with Gasteiger partial charge in [-0.3, -0.25) is 4.79 Å². The Hall–Kier alpha value is -1.71. The van der Waals surface area contributed by atoms with Crippen LogP contribution in [0, 0.1) is 0 Å². The summed E-state index contributed by atoms with van der Waals surface area (Å²) in [5.74, 6) is -2.40. The van der Waals surface area contributed by atoms with Crippen LogP contribution in [0.5, 0.6) is 0 Å². The molecule has 0 fully saturated rings. The molecule has 0 radical (unpaired) electrons. The van der Waals surface area contributed by atoms with Crippen LogP contribution >= 0.6 is 58.6 Å². The summed E-state index contributed by atoms with van der Waals surface area (Å²) < 4.78 is 41.1. The Labute approximate surface area is 220 Å². The first-order valence-corrected chi connectivity index (χ1v) is 11.8. The van der Waals surface area contributed by atoms with Gasteiger partial charge < -0.3 is 16.0 Å². The van der Waals surface area contributed by atoms with Crippen molar-refractivity contribution >= 4 is 75.7 Å². The number of thiocarbonyl (C=S) groups is 1. The Morgan fingerprint density at radius 3 is 2.18 bits per heavy atom. The van der Waals surface area contributed by atoms with Crippen LogP contribution in [0.15, 0.2) is 36.4 Å². The van der Waals surface area contributed by atoms with Gasteiger partial charge in [0.25, 0.3) is 5.91 Å². The highest BCUT2D eigenvalue weighted by atomic mass is 35.5. The standard InChI is InChI=1S/C22H20Cl4F3N3OS/c1-2-30-21(34)32-8-7-31-20(33)14-5-3-12(9-16(14)23)4-6-15(22(27,28)29)13-10-17(24)19(26)18(25)11-13/h3-6,9-11,15H,2,7-8H2,1H3,(H,31,33)(H2,30,32,34)/b6-4+. The highest BCUT2D eigenvalue weighted by molar-refractivity contribution is 7.80. The van der Waals surface area contributed by atoms with Crippen molar-refractivity contribution in [1.29, 1.82) is 0 Å². The summed E-state index contributed by atoms with van der Waals surface area (Å²) in [7, 11) is 0. The smallest absolute Gasteiger partial charge is 0.363 e. The first-order valence-electron chi connectivity index (χ1n) is 9.92. The van der Waals surface area contributed by atoms with Crippen LogP contribution < -0.4 is 16.0 Å². The van der Waals surface area contributed by atoms with Gasteiger partial charge in [-0.1, -0.05) is 64.6 Å². The van der Waals surface area contributed by atoms with E-state index in [1.807, 2.05) is 6.92 Å². The second kappa shape index (κ2) is 12.8. The zero-order valence-corrected chi connectivity index (χ0v) is 21.5. The Bertz CT molecular complexity index is 1060. The van der Waals surface area contributed by atoms with Crippen molar-refractivity contribution in [2.45, 2.75) is 19.0 Å². The number of amides is 1. The molecule has 0 saturated heterocycles. The first kappa shape index (κ1) is 28.5. The van der Waals surface area contributed by atoms with Gasteiger partial charge in [-0.15, -0.1) is 0 Å².